The lowest BCUT2D eigenvalue weighted by atomic mass is 10.2. The number of unbranched alkanes of at least 4 members (excludes halogenated alkanes) is 3. The summed E-state index contributed by atoms with van der Waals surface area (Å²) < 4.78 is 0. The average molecular weight is 979 g/mol. The highest BCUT2D eigenvalue weighted by atomic mass is 16.2. The molecule has 0 atom stereocenters. The maximum absolute atomic E-state index is 12.9. The molecule has 0 unspecified atom stereocenters. The summed E-state index contributed by atoms with van der Waals surface area (Å²) in [6.45, 7) is 6.43. The van der Waals surface area contributed by atoms with Crippen LogP contribution in [0.1, 0.15) is 175 Å². The molecule has 1 heterocycles. The van der Waals surface area contributed by atoms with Gasteiger partial charge in [-0.25, -0.2) is 0 Å². The maximum atomic E-state index is 12.9. The van der Waals surface area contributed by atoms with Crippen LogP contribution in [0, 0.1) is 0 Å². The van der Waals surface area contributed by atoms with Crippen LogP contribution in [0.3, 0.4) is 0 Å². The third kappa shape index (κ3) is 44.7. The number of hydrogen-bond donors (Lipinski definition) is 3. The van der Waals surface area contributed by atoms with Gasteiger partial charge in [-0.1, -0.05) is 203 Å². The lowest BCUT2D eigenvalue weighted by Gasteiger charge is -2.10. The molecular weight excluding hydrogens is 889 g/mol. The second-order valence-electron chi connectivity index (χ2n) is 16.8. The average Bonchev–Trinajstić information content (AvgIpc) is 3.36. The van der Waals surface area contributed by atoms with Gasteiger partial charge in [0.1, 0.15) is 0 Å². The van der Waals surface area contributed by atoms with Crippen molar-refractivity contribution in [3.05, 3.63) is 182 Å². The highest BCUT2D eigenvalue weighted by molar-refractivity contribution is 5.92. The van der Waals surface area contributed by atoms with Crippen LogP contribution in [0.4, 0.5) is 17.8 Å². The quantitative estimate of drug-likeness (QED) is 0.0442. The lowest BCUT2D eigenvalue weighted by Crippen LogP contribution is -2.20. The molecule has 1 rings (SSSR count). The van der Waals surface area contributed by atoms with Crippen molar-refractivity contribution in [3.63, 3.8) is 0 Å². The molecule has 0 aliphatic carbocycles. The maximum Gasteiger partial charge on any atom is 0.236 e. The van der Waals surface area contributed by atoms with E-state index in [4.69, 9.17) is 0 Å². The Balaban J connectivity index is 2.64. The molecule has 9 heteroatoms. The van der Waals surface area contributed by atoms with Crippen molar-refractivity contribution in [1.82, 2.24) is 15.0 Å². The summed E-state index contributed by atoms with van der Waals surface area (Å²) in [5.41, 5.74) is 0. The van der Waals surface area contributed by atoms with Gasteiger partial charge in [-0.3, -0.25) is 30.3 Å². The Bertz CT molecular complexity index is 1790. The molecule has 1 aromatic rings. The molecule has 0 radical (unpaired) electrons. The largest absolute Gasteiger partial charge is 0.294 e. The van der Waals surface area contributed by atoms with Crippen molar-refractivity contribution in [2.24, 2.45) is 0 Å². The number of anilines is 3. The van der Waals surface area contributed by atoms with Crippen LogP contribution in [-0.4, -0.2) is 32.7 Å². The number of aromatic nitrogens is 3. The zero-order chi connectivity index (χ0) is 51.9. The number of nitrogens with one attached hydrogen (secondary N) is 3. The number of rotatable bonds is 42. The predicted molar refractivity (Wildman–Crippen MR) is 311 cm³/mol. The molecule has 0 spiro atoms. The molecule has 0 aromatic carbocycles. The Morgan fingerprint density at radius 2 is 0.444 bits per heavy atom. The summed E-state index contributed by atoms with van der Waals surface area (Å²) in [4.78, 5) is 51.7. The Morgan fingerprint density at radius 3 is 0.625 bits per heavy atom. The van der Waals surface area contributed by atoms with Crippen LogP contribution >= 0.6 is 0 Å². The molecule has 0 bridgehead atoms. The first-order valence-electron chi connectivity index (χ1n) is 26.9. The summed E-state index contributed by atoms with van der Waals surface area (Å²) in [6, 6.07) is 0. The van der Waals surface area contributed by atoms with E-state index in [1.54, 1.807) is 0 Å². The topological polar surface area (TPSA) is 126 Å². The Morgan fingerprint density at radius 1 is 0.278 bits per heavy atom. The number of hydrogen-bond acceptors (Lipinski definition) is 6. The van der Waals surface area contributed by atoms with Crippen molar-refractivity contribution >= 4 is 35.6 Å². The van der Waals surface area contributed by atoms with Crippen LogP contribution in [0.25, 0.3) is 0 Å². The molecule has 0 aliphatic rings. The van der Waals surface area contributed by atoms with Crippen LogP contribution in [0.2, 0.25) is 0 Å². The fourth-order valence-electron chi connectivity index (χ4n) is 6.35. The minimum absolute atomic E-state index is 0.0342. The van der Waals surface area contributed by atoms with E-state index >= 15 is 0 Å². The molecule has 1 aromatic heterocycles. The summed E-state index contributed by atoms with van der Waals surface area (Å²) >= 11 is 0. The van der Waals surface area contributed by atoms with Crippen molar-refractivity contribution in [3.8, 4) is 0 Å². The van der Waals surface area contributed by atoms with E-state index in [1.165, 1.54) is 0 Å². The van der Waals surface area contributed by atoms with Gasteiger partial charge in [0, 0.05) is 19.3 Å². The summed E-state index contributed by atoms with van der Waals surface area (Å²) in [5, 5.41) is 8.20. The van der Waals surface area contributed by atoms with Gasteiger partial charge in [-0.2, -0.15) is 15.0 Å². The van der Waals surface area contributed by atoms with Crippen molar-refractivity contribution in [2.75, 3.05) is 16.0 Å². The lowest BCUT2D eigenvalue weighted by molar-refractivity contribution is -0.117. The number of allylic oxidation sites excluding steroid dienone is 30. The van der Waals surface area contributed by atoms with Crippen LogP contribution in [0.5, 0.6) is 0 Å². The van der Waals surface area contributed by atoms with Crippen LogP contribution in [0.15, 0.2) is 182 Å². The van der Waals surface area contributed by atoms with E-state index in [1.807, 2.05) is 0 Å². The van der Waals surface area contributed by atoms with Crippen molar-refractivity contribution in [2.45, 2.75) is 175 Å². The molecule has 72 heavy (non-hydrogen) atoms. The van der Waals surface area contributed by atoms with Crippen LogP contribution < -0.4 is 16.0 Å². The van der Waals surface area contributed by atoms with Gasteiger partial charge < -0.3 is 0 Å². The molecule has 0 saturated carbocycles. The summed E-state index contributed by atoms with van der Waals surface area (Å²) in [5.74, 6) is -0.902. The zero-order valence-corrected chi connectivity index (χ0v) is 44.4. The van der Waals surface area contributed by atoms with E-state index in [9.17, 15) is 14.4 Å². The highest BCUT2D eigenvalue weighted by Crippen LogP contribution is 2.13. The Labute approximate surface area is 436 Å². The second kappa shape index (κ2) is 50.9. The number of carbonyl (C=O) groups is 3. The molecule has 0 aliphatic heterocycles. The first kappa shape index (κ1) is 63.5. The van der Waals surface area contributed by atoms with Gasteiger partial charge in [0.15, 0.2) is 0 Å². The van der Waals surface area contributed by atoms with Crippen molar-refractivity contribution in [1.29, 1.82) is 0 Å². The summed E-state index contributed by atoms with van der Waals surface area (Å²) in [7, 11) is 0. The predicted octanol–water partition coefficient (Wildman–Crippen LogP) is 17.5. The first-order valence-corrected chi connectivity index (χ1v) is 26.9. The monoisotopic (exact) mass is 979 g/mol. The third-order valence-corrected chi connectivity index (χ3v) is 10.2. The van der Waals surface area contributed by atoms with E-state index < -0.39 is 0 Å². The van der Waals surface area contributed by atoms with Gasteiger partial charge in [0.25, 0.3) is 0 Å². The van der Waals surface area contributed by atoms with E-state index in [-0.39, 0.29) is 54.8 Å². The normalized spacial score (nSPS) is 13.0. The smallest absolute Gasteiger partial charge is 0.236 e. The molecular formula is C63H90N6O3. The number of carbonyl (C=O) groups excluding carboxylic acids is 3. The number of nitrogens with zero attached hydrogens (tertiary/aromatic N) is 3. The standard InChI is InChI=1S/C63H90N6O3/c1-4-7-10-13-16-19-22-25-28-31-34-37-40-43-46-49-52-55-58(70)64-61-67-62(65-59(71)56-53-50-47-44-41-38-35-32-29-26-23-20-17-14-11-8-5-2)69-63(68-61)66-60(72)57-54-51-48-45-42-39-36-33-30-27-24-21-18-15-12-9-6-3/h7-12,16-21,25-30,34-39,43-48H,4-6,13-15,22-24,31-33,40-42,49-57H2,1-3H3,(H3,64,65,66,67,68,69,70,71,72)/b10-7+,11-8+,12-9+,19-16+,20-17+,21-18+,28-25+,29-26+,30-27+,37-34+,38-35+,39-36+,46-43+,47-44+,48-45+. The Hall–Kier alpha value is -6.48. The molecule has 0 saturated heterocycles. The van der Waals surface area contributed by atoms with Gasteiger partial charge in [-0.15, -0.1) is 0 Å². The third-order valence-electron chi connectivity index (χ3n) is 10.2. The minimum Gasteiger partial charge on any atom is -0.294 e. The molecule has 390 valence electrons. The fraction of sp³-hybridized carbons (Fsp3) is 0.429. The van der Waals surface area contributed by atoms with E-state index in [2.05, 4.69) is 234 Å². The first-order chi connectivity index (χ1) is 35.5. The second-order valence-corrected chi connectivity index (χ2v) is 16.8. The zero-order valence-electron chi connectivity index (χ0n) is 44.4. The highest BCUT2D eigenvalue weighted by Gasteiger charge is 2.14. The number of amides is 3. The van der Waals surface area contributed by atoms with Gasteiger partial charge in [0.05, 0.1) is 0 Å². The Kier molecular flexibility index (Phi) is 44.9. The molecule has 0 fully saturated rings. The van der Waals surface area contributed by atoms with Crippen molar-refractivity contribution < 1.29 is 14.4 Å². The van der Waals surface area contributed by atoms with E-state index in [0.29, 0.717) is 19.3 Å². The van der Waals surface area contributed by atoms with Gasteiger partial charge in [0.2, 0.25) is 35.6 Å². The van der Waals surface area contributed by atoms with Gasteiger partial charge in [-0.05, 0) is 135 Å². The van der Waals surface area contributed by atoms with Gasteiger partial charge >= 0.3 is 0 Å². The minimum atomic E-state index is -0.266. The SMILES string of the molecule is CC/C=C/C/C=C/C/C=C/C/C=C/C/C=C/CCCC(=O)Nc1nc(NC(=O)CCC/C=C/C/C=C/C/C=C/C/C=C/C/C=C/CC)nc(NC(=O)CCC/C=C/C/C=C/C/C=C/C/C=C/C/C=C/CC)n1. The fourth-order valence-corrected chi connectivity index (χ4v) is 6.35. The summed E-state index contributed by atoms with van der Waals surface area (Å²) in [6.07, 6.45) is 84.1. The molecule has 3 amide bonds. The van der Waals surface area contributed by atoms with E-state index in [0.717, 1.165) is 116 Å². The molecule has 9 nitrogen and oxygen atoms in total. The molecule has 3 N–H and O–H groups in total. The van der Waals surface area contributed by atoms with Crippen LogP contribution in [-0.2, 0) is 14.4 Å².